The van der Waals surface area contributed by atoms with Gasteiger partial charge in [0, 0.05) is 12.5 Å². The van der Waals surface area contributed by atoms with Crippen molar-refractivity contribution in [1.82, 2.24) is 5.32 Å². The highest BCUT2D eigenvalue weighted by atomic mass is 16.3. The van der Waals surface area contributed by atoms with Crippen LogP contribution in [0.15, 0.2) is 24.3 Å². The summed E-state index contributed by atoms with van der Waals surface area (Å²) < 4.78 is 0. The van der Waals surface area contributed by atoms with Crippen molar-refractivity contribution in [1.29, 1.82) is 0 Å². The van der Waals surface area contributed by atoms with E-state index >= 15 is 0 Å². The zero-order chi connectivity index (χ0) is 14.5. The van der Waals surface area contributed by atoms with Crippen LogP contribution in [0.2, 0.25) is 0 Å². The van der Waals surface area contributed by atoms with Crippen LogP contribution in [0, 0.1) is 11.3 Å². The minimum Gasteiger partial charge on any atom is -0.508 e. The van der Waals surface area contributed by atoms with Crippen molar-refractivity contribution in [3.8, 4) is 5.75 Å². The van der Waals surface area contributed by atoms with Gasteiger partial charge in [0.25, 0.3) is 0 Å². The largest absolute Gasteiger partial charge is 0.508 e. The monoisotopic (exact) mass is 263 g/mol. The van der Waals surface area contributed by atoms with Crippen LogP contribution in [0.1, 0.15) is 39.7 Å². The first-order valence-corrected chi connectivity index (χ1v) is 6.83. The van der Waals surface area contributed by atoms with E-state index in [0.29, 0.717) is 6.54 Å². The van der Waals surface area contributed by atoms with Gasteiger partial charge < -0.3 is 10.4 Å². The first kappa shape index (κ1) is 15.5. The van der Waals surface area contributed by atoms with Crippen LogP contribution in [0.4, 0.5) is 0 Å². The molecular formula is C16H25NO2. The van der Waals surface area contributed by atoms with E-state index in [-0.39, 0.29) is 23.0 Å². The molecule has 0 fully saturated rings. The van der Waals surface area contributed by atoms with E-state index in [1.165, 1.54) is 0 Å². The van der Waals surface area contributed by atoms with Crippen LogP contribution in [0.3, 0.4) is 0 Å². The van der Waals surface area contributed by atoms with E-state index in [2.05, 4.69) is 26.1 Å². The first-order chi connectivity index (χ1) is 8.78. The Morgan fingerprint density at radius 1 is 1.26 bits per heavy atom. The number of aromatic hydroxyl groups is 1. The Kier molecular flexibility index (Phi) is 5.40. The normalized spacial score (nSPS) is 13.1. The number of amides is 1. The van der Waals surface area contributed by atoms with Crippen LogP contribution >= 0.6 is 0 Å². The Labute approximate surface area is 116 Å². The van der Waals surface area contributed by atoms with E-state index in [9.17, 15) is 9.90 Å². The number of benzene rings is 1. The maximum atomic E-state index is 11.9. The third-order valence-electron chi connectivity index (χ3n) is 3.02. The zero-order valence-corrected chi connectivity index (χ0v) is 12.4. The summed E-state index contributed by atoms with van der Waals surface area (Å²) >= 11 is 0. The maximum Gasteiger partial charge on any atom is 0.222 e. The van der Waals surface area contributed by atoms with Gasteiger partial charge in [0.15, 0.2) is 0 Å². The summed E-state index contributed by atoms with van der Waals surface area (Å²) in [6, 6.07) is 7.08. The number of carbonyl (C=O) groups excluding carboxylic acids is 1. The molecule has 0 aromatic heterocycles. The first-order valence-electron chi connectivity index (χ1n) is 6.83. The van der Waals surface area contributed by atoms with Gasteiger partial charge in [-0.25, -0.2) is 0 Å². The summed E-state index contributed by atoms with van der Waals surface area (Å²) in [5.74, 6) is 0.431. The quantitative estimate of drug-likeness (QED) is 0.857. The number of phenolic OH excluding ortho intramolecular Hbond substituents is 1. The van der Waals surface area contributed by atoms with Gasteiger partial charge in [0.05, 0.1) is 0 Å². The van der Waals surface area contributed by atoms with Crippen LogP contribution in [-0.2, 0) is 11.2 Å². The van der Waals surface area contributed by atoms with E-state index in [1.54, 1.807) is 12.1 Å². The number of hydrogen-bond donors (Lipinski definition) is 2. The third kappa shape index (κ3) is 6.27. The highest BCUT2D eigenvalue weighted by molar-refractivity contribution is 5.78. The van der Waals surface area contributed by atoms with Crippen molar-refractivity contribution < 1.29 is 9.90 Å². The Hall–Kier alpha value is -1.51. The molecule has 1 rings (SSSR count). The average Bonchev–Trinajstić information content (AvgIpc) is 2.29. The van der Waals surface area contributed by atoms with Gasteiger partial charge in [0.2, 0.25) is 5.91 Å². The molecule has 0 radical (unpaired) electrons. The highest BCUT2D eigenvalue weighted by Crippen LogP contribution is 2.24. The van der Waals surface area contributed by atoms with Crippen LogP contribution in [0.25, 0.3) is 0 Å². The van der Waals surface area contributed by atoms with Crippen molar-refractivity contribution in [3.63, 3.8) is 0 Å². The van der Waals surface area contributed by atoms with Gasteiger partial charge in [-0.05, 0) is 36.0 Å². The Morgan fingerprint density at radius 2 is 1.84 bits per heavy atom. The van der Waals surface area contributed by atoms with Gasteiger partial charge in [-0.3, -0.25) is 4.79 Å². The Balaban J connectivity index is 2.32. The fourth-order valence-corrected chi connectivity index (χ4v) is 2.18. The van der Waals surface area contributed by atoms with Gasteiger partial charge in [0.1, 0.15) is 5.75 Å². The second-order valence-electron chi connectivity index (χ2n) is 6.37. The molecule has 2 N–H and O–H groups in total. The molecule has 0 spiro atoms. The molecule has 106 valence electrons. The van der Waals surface area contributed by atoms with Crippen molar-refractivity contribution in [2.75, 3.05) is 6.54 Å². The molecule has 1 atom stereocenters. The Morgan fingerprint density at radius 3 is 2.37 bits per heavy atom. The molecule has 3 nitrogen and oxygen atoms in total. The molecule has 0 unspecified atom stereocenters. The second-order valence-corrected chi connectivity index (χ2v) is 6.37. The van der Waals surface area contributed by atoms with Crippen LogP contribution in [-0.4, -0.2) is 17.6 Å². The molecule has 0 aliphatic rings. The average molecular weight is 263 g/mol. The number of carbonyl (C=O) groups is 1. The second kappa shape index (κ2) is 6.60. The van der Waals surface area contributed by atoms with Gasteiger partial charge in [-0.15, -0.1) is 0 Å². The number of rotatable bonds is 5. The predicted molar refractivity (Wildman–Crippen MR) is 78.1 cm³/mol. The molecule has 0 bridgehead atoms. The van der Waals surface area contributed by atoms with E-state index in [0.717, 1.165) is 18.4 Å². The van der Waals surface area contributed by atoms with Crippen LogP contribution in [0.5, 0.6) is 5.75 Å². The summed E-state index contributed by atoms with van der Waals surface area (Å²) in [7, 11) is 0. The van der Waals surface area contributed by atoms with Crippen molar-refractivity contribution in [2.24, 2.45) is 11.3 Å². The highest BCUT2D eigenvalue weighted by Gasteiger charge is 2.20. The SMILES string of the molecule is C[C@H](CC(C)(C)C)C(=O)NCCc1ccc(O)cc1. The molecule has 0 saturated carbocycles. The fourth-order valence-electron chi connectivity index (χ4n) is 2.18. The van der Waals surface area contributed by atoms with Crippen molar-refractivity contribution in [2.45, 2.75) is 40.5 Å². The summed E-state index contributed by atoms with van der Waals surface area (Å²) in [6.45, 7) is 9.05. The number of nitrogens with one attached hydrogen (secondary N) is 1. The maximum absolute atomic E-state index is 11.9. The summed E-state index contributed by atoms with van der Waals surface area (Å²) in [5, 5.41) is 12.1. The molecule has 0 saturated heterocycles. The van der Waals surface area contributed by atoms with Crippen molar-refractivity contribution >= 4 is 5.91 Å². The molecule has 1 aromatic rings. The third-order valence-corrected chi connectivity index (χ3v) is 3.02. The molecule has 0 aliphatic carbocycles. The predicted octanol–water partition coefficient (Wildman–Crippen LogP) is 3.12. The minimum atomic E-state index is 0.0415. The lowest BCUT2D eigenvalue weighted by Gasteiger charge is -2.22. The molecule has 0 heterocycles. The van der Waals surface area contributed by atoms with E-state index in [4.69, 9.17) is 0 Å². The van der Waals surface area contributed by atoms with Crippen LogP contribution < -0.4 is 5.32 Å². The van der Waals surface area contributed by atoms with Gasteiger partial charge in [-0.2, -0.15) is 0 Å². The van der Waals surface area contributed by atoms with E-state index in [1.807, 2.05) is 19.1 Å². The Bertz CT molecular complexity index is 404. The molecule has 1 aromatic carbocycles. The molecule has 19 heavy (non-hydrogen) atoms. The lowest BCUT2D eigenvalue weighted by atomic mass is 9.85. The van der Waals surface area contributed by atoms with Crippen molar-refractivity contribution in [3.05, 3.63) is 29.8 Å². The molecule has 1 amide bonds. The summed E-state index contributed by atoms with van der Waals surface area (Å²) in [6.07, 6.45) is 1.67. The fraction of sp³-hybridized carbons (Fsp3) is 0.562. The molecule has 3 heteroatoms. The standard InChI is InChI=1S/C16H25NO2/c1-12(11-16(2,3)4)15(19)17-10-9-13-5-7-14(18)8-6-13/h5-8,12,18H,9-11H2,1-4H3,(H,17,19)/t12-/m1/s1. The smallest absolute Gasteiger partial charge is 0.222 e. The zero-order valence-electron chi connectivity index (χ0n) is 12.4. The van der Waals surface area contributed by atoms with E-state index < -0.39 is 0 Å². The summed E-state index contributed by atoms with van der Waals surface area (Å²) in [5.41, 5.74) is 1.29. The van der Waals surface area contributed by atoms with Gasteiger partial charge in [-0.1, -0.05) is 39.8 Å². The minimum absolute atomic E-state index is 0.0415. The lowest BCUT2D eigenvalue weighted by Crippen LogP contribution is -2.32. The lowest BCUT2D eigenvalue weighted by molar-refractivity contribution is -0.125. The number of hydrogen-bond acceptors (Lipinski definition) is 2. The number of phenols is 1. The summed E-state index contributed by atoms with van der Waals surface area (Å²) in [4.78, 5) is 11.9. The topological polar surface area (TPSA) is 49.3 Å². The molecular weight excluding hydrogens is 238 g/mol. The molecule has 0 aliphatic heterocycles. The van der Waals surface area contributed by atoms with Gasteiger partial charge >= 0.3 is 0 Å².